The monoisotopic (exact) mass is 251 g/mol. The fraction of sp³-hybridized carbons (Fsp3) is 0.583. The van der Waals surface area contributed by atoms with Gasteiger partial charge in [-0.25, -0.2) is 14.8 Å². The van der Waals surface area contributed by atoms with Crippen LogP contribution in [-0.4, -0.2) is 44.8 Å². The van der Waals surface area contributed by atoms with E-state index in [9.17, 15) is 9.90 Å². The highest BCUT2D eigenvalue weighted by atomic mass is 16.4. The minimum absolute atomic E-state index is 0.128. The van der Waals surface area contributed by atoms with E-state index < -0.39 is 11.6 Å². The summed E-state index contributed by atoms with van der Waals surface area (Å²) < 4.78 is 0. The van der Waals surface area contributed by atoms with Gasteiger partial charge in [-0.2, -0.15) is 0 Å². The molecule has 1 aromatic rings. The third kappa shape index (κ3) is 2.59. The zero-order valence-corrected chi connectivity index (χ0v) is 10.6. The molecule has 0 spiro atoms. The lowest BCUT2D eigenvalue weighted by atomic mass is 9.94. The Hall–Kier alpha value is -1.69. The molecule has 0 amide bonds. The fourth-order valence-corrected chi connectivity index (χ4v) is 2.01. The zero-order chi connectivity index (χ0) is 13.3. The number of aromatic nitrogens is 2. The van der Waals surface area contributed by atoms with Gasteiger partial charge in [0.15, 0.2) is 0 Å². The Kier molecular flexibility index (Phi) is 3.21. The van der Waals surface area contributed by atoms with Crippen LogP contribution in [0.3, 0.4) is 0 Å². The normalized spacial score (nSPS) is 18.7. The number of rotatable bonds is 2. The third-order valence-corrected chi connectivity index (χ3v) is 3.32. The number of anilines is 1. The van der Waals surface area contributed by atoms with Crippen molar-refractivity contribution < 1.29 is 15.0 Å². The Morgan fingerprint density at radius 2 is 2.06 bits per heavy atom. The fourth-order valence-electron chi connectivity index (χ4n) is 2.01. The van der Waals surface area contributed by atoms with E-state index in [1.54, 1.807) is 6.92 Å². The van der Waals surface area contributed by atoms with Crippen LogP contribution in [0.25, 0.3) is 0 Å². The molecular weight excluding hydrogens is 234 g/mol. The Morgan fingerprint density at radius 3 is 2.56 bits per heavy atom. The van der Waals surface area contributed by atoms with Crippen LogP contribution in [0.15, 0.2) is 6.20 Å². The molecule has 6 heteroatoms. The number of piperidine rings is 1. The van der Waals surface area contributed by atoms with E-state index in [-0.39, 0.29) is 5.56 Å². The zero-order valence-electron chi connectivity index (χ0n) is 10.6. The second-order valence-electron chi connectivity index (χ2n) is 4.96. The summed E-state index contributed by atoms with van der Waals surface area (Å²) in [6.07, 6.45) is 2.67. The quantitative estimate of drug-likeness (QED) is 0.809. The molecular formula is C12H17N3O3. The molecule has 1 aliphatic heterocycles. The van der Waals surface area contributed by atoms with Crippen molar-refractivity contribution >= 4 is 11.9 Å². The molecule has 0 radical (unpaired) electrons. The van der Waals surface area contributed by atoms with Gasteiger partial charge in [0.25, 0.3) is 0 Å². The standard InChI is InChI=1S/C12H17N3O3/c1-8-9(10(16)17)7-13-11(14-8)15-5-3-12(2,18)4-6-15/h7,18H,3-6H2,1-2H3,(H,16,17). The van der Waals surface area contributed by atoms with Crippen molar-refractivity contribution in [3.05, 3.63) is 17.5 Å². The first-order chi connectivity index (χ1) is 8.39. The lowest BCUT2D eigenvalue weighted by Gasteiger charge is -2.35. The van der Waals surface area contributed by atoms with E-state index in [2.05, 4.69) is 9.97 Å². The average Bonchev–Trinajstić information content (AvgIpc) is 2.28. The van der Waals surface area contributed by atoms with Crippen LogP contribution < -0.4 is 4.90 Å². The van der Waals surface area contributed by atoms with Crippen LogP contribution in [0.2, 0.25) is 0 Å². The highest BCUT2D eigenvalue weighted by molar-refractivity contribution is 5.88. The molecule has 1 saturated heterocycles. The lowest BCUT2D eigenvalue weighted by molar-refractivity contribution is 0.0349. The number of aromatic carboxylic acids is 1. The Labute approximate surface area is 105 Å². The summed E-state index contributed by atoms with van der Waals surface area (Å²) in [7, 11) is 0. The first-order valence-corrected chi connectivity index (χ1v) is 5.93. The molecule has 1 aromatic heterocycles. The van der Waals surface area contributed by atoms with Gasteiger partial charge in [-0.3, -0.25) is 0 Å². The summed E-state index contributed by atoms with van der Waals surface area (Å²) in [6.45, 7) is 4.84. The van der Waals surface area contributed by atoms with Crippen molar-refractivity contribution in [3.63, 3.8) is 0 Å². The Balaban J connectivity index is 2.16. The van der Waals surface area contributed by atoms with Crippen molar-refractivity contribution in [2.75, 3.05) is 18.0 Å². The summed E-state index contributed by atoms with van der Waals surface area (Å²) in [5.74, 6) is -0.478. The summed E-state index contributed by atoms with van der Waals surface area (Å²) in [5.41, 5.74) is -0.0281. The van der Waals surface area contributed by atoms with Gasteiger partial charge in [-0.05, 0) is 26.7 Å². The first kappa shape index (κ1) is 12.8. The molecule has 6 nitrogen and oxygen atoms in total. The largest absolute Gasteiger partial charge is 0.478 e. The van der Waals surface area contributed by atoms with Crippen molar-refractivity contribution in [3.8, 4) is 0 Å². The van der Waals surface area contributed by atoms with Crippen molar-refractivity contribution in [2.24, 2.45) is 0 Å². The third-order valence-electron chi connectivity index (χ3n) is 3.32. The molecule has 18 heavy (non-hydrogen) atoms. The van der Waals surface area contributed by atoms with Crippen molar-refractivity contribution in [1.82, 2.24) is 9.97 Å². The van der Waals surface area contributed by atoms with E-state index in [1.807, 2.05) is 11.8 Å². The number of nitrogens with zero attached hydrogens (tertiary/aromatic N) is 3. The van der Waals surface area contributed by atoms with Crippen LogP contribution in [0, 0.1) is 6.92 Å². The van der Waals surface area contributed by atoms with Gasteiger partial charge in [0, 0.05) is 19.3 Å². The predicted molar refractivity (Wildman–Crippen MR) is 65.8 cm³/mol. The highest BCUT2D eigenvalue weighted by Gasteiger charge is 2.28. The Bertz CT molecular complexity index is 464. The van der Waals surface area contributed by atoms with Crippen LogP contribution in [0.5, 0.6) is 0 Å². The highest BCUT2D eigenvalue weighted by Crippen LogP contribution is 2.24. The number of hydrogen-bond acceptors (Lipinski definition) is 5. The van der Waals surface area contributed by atoms with Gasteiger partial charge in [0.1, 0.15) is 0 Å². The van der Waals surface area contributed by atoms with Gasteiger partial charge in [0.2, 0.25) is 5.95 Å². The number of carbonyl (C=O) groups is 1. The molecule has 98 valence electrons. The van der Waals surface area contributed by atoms with Crippen molar-refractivity contribution in [1.29, 1.82) is 0 Å². The van der Waals surface area contributed by atoms with Crippen LogP contribution >= 0.6 is 0 Å². The molecule has 1 aliphatic rings. The van der Waals surface area contributed by atoms with E-state index in [0.717, 1.165) is 0 Å². The second kappa shape index (κ2) is 4.53. The van der Waals surface area contributed by atoms with E-state index in [1.165, 1.54) is 6.20 Å². The van der Waals surface area contributed by atoms with Crippen LogP contribution in [-0.2, 0) is 0 Å². The number of carboxylic acids is 1. The lowest BCUT2D eigenvalue weighted by Crippen LogP contribution is -2.43. The molecule has 2 heterocycles. The summed E-state index contributed by atoms with van der Waals surface area (Å²) in [5, 5.41) is 18.8. The maximum Gasteiger partial charge on any atom is 0.339 e. The number of aliphatic hydroxyl groups is 1. The minimum Gasteiger partial charge on any atom is -0.478 e. The summed E-state index contributed by atoms with van der Waals surface area (Å²) in [6, 6.07) is 0. The van der Waals surface area contributed by atoms with Crippen LogP contribution in [0.4, 0.5) is 5.95 Å². The number of carboxylic acid groups (broad SMARTS) is 1. The number of aryl methyl sites for hydroxylation is 1. The van der Waals surface area contributed by atoms with E-state index >= 15 is 0 Å². The molecule has 2 N–H and O–H groups in total. The number of hydrogen-bond donors (Lipinski definition) is 2. The van der Waals surface area contributed by atoms with Gasteiger partial charge in [-0.15, -0.1) is 0 Å². The SMILES string of the molecule is Cc1nc(N2CCC(C)(O)CC2)ncc1C(=O)O. The Morgan fingerprint density at radius 1 is 1.44 bits per heavy atom. The average molecular weight is 251 g/mol. The van der Waals surface area contributed by atoms with Crippen LogP contribution in [0.1, 0.15) is 35.8 Å². The summed E-state index contributed by atoms with van der Waals surface area (Å²) >= 11 is 0. The molecule has 0 aliphatic carbocycles. The van der Waals surface area contributed by atoms with Crippen molar-refractivity contribution in [2.45, 2.75) is 32.3 Å². The maximum atomic E-state index is 10.9. The first-order valence-electron chi connectivity index (χ1n) is 5.93. The molecule has 0 unspecified atom stereocenters. The van der Waals surface area contributed by atoms with E-state index in [0.29, 0.717) is 37.6 Å². The molecule has 2 rings (SSSR count). The topological polar surface area (TPSA) is 86.5 Å². The maximum absolute atomic E-state index is 10.9. The predicted octanol–water partition coefficient (Wildman–Crippen LogP) is 0.834. The smallest absolute Gasteiger partial charge is 0.339 e. The molecule has 0 aromatic carbocycles. The minimum atomic E-state index is -1.01. The van der Waals surface area contributed by atoms with Gasteiger partial charge >= 0.3 is 5.97 Å². The van der Waals surface area contributed by atoms with Gasteiger partial charge in [0.05, 0.1) is 16.9 Å². The summed E-state index contributed by atoms with van der Waals surface area (Å²) in [4.78, 5) is 21.1. The second-order valence-corrected chi connectivity index (χ2v) is 4.96. The molecule has 0 bridgehead atoms. The van der Waals surface area contributed by atoms with Gasteiger partial charge < -0.3 is 15.1 Å². The van der Waals surface area contributed by atoms with E-state index in [4.69, 9.17) is 5.11 Å². The van der Waals surface area contributed by atoms with Gasteiger partial charge in [-0.1, -0.05) is 0 Å². The molecule has 0 atom stereocenters. The molecule has 1 fully saturated rings. The molecule has 0 saturated carbocycles.